The molecular weight excluding hydrogens is 792 g/mol. The van der Waals surface area contributed by atoms with Crippen LogP contribution in [0.5, 0.6) is 0 Å². The first-order valence-corrected chi connectivity index (χ1v) is 21.0. The first kappa shape index (κ1) is 42.0. The molecule has 5 N–H and O–H groups in total. The number of aromatic amines is 1. The number of piperidine rings is 1. The van der Waals surface area contributed by atoms with E-state index in [2.05, 4.69) is 68.4 Å². The van der Waals surface area contributed by atoms with E-state index >= 15 is 4.39 Å². The van der Waals surface area contributed by atoms with Crippen molar-refractivity contribution in [3.63, 3.8) is 0 Å². The number of halogens is 1. The minimum atomic E-state index is -0.532. The van der Waals surface area contributed by atoms with Crippen molar-refractivity contribution in [2.24, 2.45) is 5.92 Å². The lowest BCUT2D eigenvalue weighted by Gasteiger charge is -2.34. The van der Waals surface area contributed by atoms with Crippen LogP contribution in [0.15, 0.2) is 71.6 Å². The van der Waals surface area contributed by atoms with Crippen molar-refractivity contribution in [2.75, 3.05) is 54.4 Å². The molecule has 8 rings (SSSR count). The van der Waals surface area contributed by atoms with Gasteiger partial charge in [0.1, 0.15) is 23.6 Å². The maximum atomic E-state index is 15.9. The normalized spacial score (nSPS) is 15.5. The van der Waals surface area contributed by atoms with Gasteiger partial charge in [-0.25, -0.2) is 24.1 Å². The molecule has 2 saturated heterocycles. The molecule has 4 aromatic heterocycles. The van der Waals surface area contributed by atoms with Crippen LogP contribution in [0.2, 0.25) is 0 Å². The second-order valence-electron chi connectivity index (χ2n) is 17.0. The van der Waals surface area contributed by atoms with Gasteiger partial charge in [0.05, 0.1) is 11.7 Å². The number of urea groups is 1. The average Bonchev–Trinajstić information content (AvgIpc) is 3.94. The monoisotopic (exact) mass is 842 g/mol. The van der Waals surface area contributed by atoms with Crippen molar-refractivity contribution in [3.8, 4) is 22.5 Å². The summed E-state index contributed by atoms with van der Waals surface area (Å²) in [5.74, 6) is 0.404. The van der Waals surface area contributed by atoms with Crippen LogP contribution < -0.4 is 31.1 Å². The SMILES string of the molecule is Cc1cc(-c2ncnc3[nH]c(-c4ccc(NCCNCC5CCN(c6ccc(N7CCC(=O)NC7=O)cc6)CC5)nc4)cc23)c(F)cc1[C@@H](C)NC(=O)c1noc(C(C)(C)C)n1. The largest absolute Gasteiger partial charge is 0.372 e. The minimum Gasteiger partial charge on any atom is -0.372 e. The average molecular weight is 843 g/mol. The molecule has 0 unspecified atom stereocenters. The van der Waals surface area contributed by atoms with Crippen LogP contribution >= 0.6 is 0 Å². The molecule has 0 spiro atoms. The van der Waals surface area contributed by atoms with Crippen LogP contribution in [0.3, 0.4) is 0 Å². The number of carbonyl (C=O) groups excluding carboxylic acids is 3. The van der Waals surface area contributed by atoms with E-state index in [1.807, 2.05) is 58.0 Å². The molecular formula is C45H51FN12O4. The van der Waals surface area contributed by atoms with Crippen molar-refractivity contribution in [1.82, 2.24) is 46.0 Å². The smallest absolute Gasteiger partial charge is 0.328 e. The Morgan fingerprint density at radius 1 is 0.984 bits per heavy atom. The van der Waals surface area contributed by atoms with Crippen LogP contribution in [-0.2, 0) is 10.2 Å². The summed E-state index contributed by atoms with van der Waals surface area (Å²) >= 11 is 0. The molecule has 0 saturated carbocycles. The summed E-state index contributed by atoms with van der Waals surface area (Å²) in [6.07, 6.45) is 5.69. The Hall–Kier alpha value is -6.75. The number of hydrogen-bond donors (Lipinski definition) is 5. The van der Waals surface area contributed by atoms with Gasteiger partial charge in [0.2, 0.25) is 11.8 Å². The third-order valence-electron chi connectivity index (χ3n) is 11.4. The summed E-state index contributed by atoms with van der Waals surface area (Å²) in [7, 11) is 0. The number of nitrogens with one attached hydrogen (secondary N) is 5. The number of rotatable bonds is 13. The van der Waals surface area contributed by atoms with E-state index in [1.54, 1.807) is 24.1 Å². The van der Waals surface area contributed by atoms with Gasteiger partial charge in [0.15, 0.2) is 0 Å². The van der Waals surface area contributed by atoms with Gasteiger partial charge >= 0.3 is 6.03 Å². The molecule has 62 heavy (non-hydrogen) atoms. The Bertz CT molecular complexity index is 2580. The molecule has 6 aromatic rings. The Labute approximate surface area is 358 Å². The summed E-state index contributed by atoms with van der Waals surface area (Å²) in [5, 5.41) is 16.7. The number of aromatic nitrogens is 6. The molecule has 4 amide bonds. The first-order chi connectivity index (χ1) is 29.8. The fourth-order valence-corrected chi connectivity index (χ4v) is 7.91. The molecule has 0 aliphatic carbocycles. The van der Waals surface area contributed by atoms with Crippen LogP contribution in [0.1, 0.15) is 80.6 Å². The van der Waals surface area contributed by atoms with E-state index in [4.69, 9.17) is 4.52 Å². The highest BCUT2D eigenvalue weighted by Gasteiger charge is 2.27. The fraction of sp³-hybridized carbons (Fsp3) is 0.378. The van der Waals surface area contributed by atoms with Crippen molar-refractivity contribution >= 4 is 46.1 Å². The third kappa shape index (κ3) is 9.27. The fourth-order valence-electron chi connectivity index (χ4n) is 7.91. The van der Waals surface area contributed by atoms with Gasteiger partial charge < -0.3 is 30.4 Å². The Kier molecular flexibility index (Phi) is 12.0. The zero-order valence-electron chi connectivity index (χ0n) is 35.5. The Balaban J connectivity index is 0.810. The zero-order chi connectivity index (χ0) is 43.5. The molecule has 6 heterocycles. The molecule has 322 valence electrons. The molecule has 17 heteroatoms. The van der Waals surface area contributed by atoms with Gasteiger partial charge in [-0.3, -0.25) is 19.8 Å². The second kappa shape index (κ2) is 17.7. The molecule has 2 fully saturated rings. The highest BCUT2D eigenvalue weighted by atomic mass is 19.1. The molecule has 0 bridgehead atoms. The maximum absolute atomic E-state index is 15.9. The van der Waals surface area contributed by atoms with E-state index in [0.29, 0.717) is 52.6 Å². The number of nitrogens with zero attached hydrogens (tertiary/aromatic N) is 7. The number of hydrogen-bond acceptors (Lipinski definition) is 12. The lowest BCUT2D eigenvalue weighted by molar-refractivity contribution is -0.120. The van der Waals surface area contributed by atoms with E-state index < -0.39 is 23.2 Å². The molecule has 2 aliphatic heterocycles. The lowest BCUT2D eigenvalue weighted by atomic mass is 9.96. The number of benzene rings is 2. The topological polar surface area (TPSA) is 199 Å². The summed E-state index contributed by atoms with van der Waals surface area (Å²) in [6.45, 7) is 14.2. The summed E-state index contributed by atoms with van der Waals surface area (Å²) in [4.78, 5) is 61.7. The molecule has 2 aliphatic rings. The van der Waals surface area contributed by atoms with E-state index in [1.165, 1.54) is 12.4 Å². The number of carbonyl (C=O) groups is 3. The molecule has 1 atom stereocenters. The van der Waals surface area contributed by atoms with Crippen molar-refractivity contribution in [1.29, 1.82) is 0 Å². The van der Waals surface area contributed by atoms with Crippen LogP contribution in [0, 0.1) is 18.7 Å². The van der Waals surface area contributed by atoms with Gasteiger partial charge in [-0.2, -0.15) is 4.98 Å². The van der Waals surface area contributed by atoms with Crippen molar-refractivity contribution in [3.05, 3.63) is 95.8 Å². The highest BCUT2D eigenvalue weighted by Crippen LogP contribution is 2.34. The number of aryl methyl sites for hydroxylation is 1. The van der Waals surface area contributed by atoms with E-state index in [0.717, 1.165) is 79.6 Å². The summed E-state index contributed by atoms with van der Waals surface area (Å²) in [6, 6.07) is 16.1. The van der Waals surface area contributed by atoms with Crippen molar-refractivity contribution in [2.45, 2.75) is 65.3 Å². The lowest BCUT2D eigenvalue weighted by Crippen LogP contribution is -2.49. The second-order valence-corrected chi connectivity index (χ2v) is 17.0. The van der Waals surface area contributed by atoms with Crippen LogP contribution in [0.4, 0.5) is 26.4 Å². The van der Waals surface area contributed by atoms with Crippen molar-refractivity contribution < 1.29 is 23.3 Å². The van der Waals surface area contributed by atoms with Crippen LogP contribution in [0.25, 0.3) is 33.5 Å². The summed E-state index contributed by atoms with van der Waals surface area (Å²) in [5.41, 5.74) is 5.88. The number of anilines is 3. The number of amides is 4. The van der Waals surface area contributed by atoms with E-state index in [-0.39, 0.29) is 17.8 Å². The van der Waals surface area contributed by atoms with Gasteiger partial charge in [0.25, 0.3) is 11.7 Å². The number of pyridine rings is 1. The molecule has 16 nitrogen and oxygen atoms in total. The van der Waals surface area contributed by atoms with Crippen LogP contribution in [-0.4, -0.2) is 87.2 Å². The zero-order valence-corrected chi connectivity index (χ0v) is 35.5. The van der Waals surface area contributed by atoms with Gasteiger partial charge in [-0.15, -0.1) is 0 Å². The third-order valence-corrected chi connectivity index (χ3v) is 11.4. The van der Waals surface area contributed by atoms with Gasteiger partial charge in [-0.1, -0.05) is 25.9 Å². The first-order valence-electron chi connectivity index (χ1n) is 21.0. The Morgan fingerprint density at radius 3 is 2.47 bits per heavy atom. The quantitative estimate of drug-likeness (QED) is 0.0776. The Morgan fingerprint density at radius 2 is 1.76 bits per heavy atom. The predicted molar refractivity (Wildman–Crippen MR) is 234 cm³/mol. The predicted octanol–water partition coefficient (Wildman–Crippen LogP) is 6.67. The van der Waals surface area contributed by atoms with Gasteiger partial charge in [-0.05, 0) is 105 Å². The van der Waals surface area contributed by atoms with E-state index in [9.17, 15) is 14.4 Å². The number of H-pyrrole nitrogens is 1. The van der Waals surface area contributed by atoms with Gasteiger partial charge in [0, 0.05) is 84.3 Å². The maximum Gasteiger partial charge on any atom is 0.328 e. The number of imide groups is 1. The highest BCUT2D eigenvalue weighted by molar-refractivity contribution is 6.05. The number of fused-ring (bicyclic) bond motifs is 1. The molecule has 0 radical (unpaired) electrons. The minimum absolute atomic E-state index is 0.0766. The standard InChI is InChI=1S/C45H51FN12O4/c1-26-20-33(35(46)21-32(26)27(2)52-42(60)41-55-43(62-56-41)45(3,4)5)39-34-22-36(53-40(34)51-25-50-39)29-6-11-37(49-24-29)48-16-15-47-23-28-12-17-57(18-13-28)30-7-9-31(10-8-30)58-19-14-38(59)54-44(58)61/h6-11,20-22,24-25,27-28,47H,12-19,23H2,1-5H3,(H,48,49)(H,52,60)(H,50,51,53)(H,54,59,61)/t27-/m1/s1. The molecule has 2 aromatic carbocycles. The summed E-state index contributed by atoms with van der Waals surface area (Å²) < 4.78 is 21.2.